The Kier molecular flexibility index (Phi) is 9.46. The first kappa shape index (κ1) is 23.2. The van der Waals surface area contributed by atoms with Gasteiger partial charge in [-0.2, -0.15) is 0 Å². The summed E-state index contributed by atoms with van der Waals surface area (Å²) in [6.45, 7) is 3.56. The van der Waals surface area contributed by atoms with Gasteiger partial charge >= 0.3 is 0 Å². The Morgan fingerprint density at radius 1 is 1.10 bits per heavy atom. The number of nitrogens with one attached hydrogen (secondary N) is 2. The second-order valence-corrected chi connectivity index (χ2v) is 7.25. The topological polar surface area (TPSA) is 67.8 Å². The van der Waals surface area contributed by atoms with Crippen molar-refractivity contribution in [3.05, 3.63) is 47.5 Å². The summed E-state index contributed by atoms with van der Waals surface area (Å²) in [5, 5.41) is 7.75. The molecule has 1 heterocycles. The van der Waals surface area contributed by atoms with Crippen molar-refractivity contribution in [3.8, 4) is 11.5 Å². The average Bonchev–Trinajstić information content (AvgIpc) is 3.14. The minimum Gasteiger partial charge on any atom is -0.493 e. The maximum atomic E-state index is 5.36. The van der Waals surface area contributed by atoms with E-state index in [-0.39, 0.29) is 24.0 Å². The van der Waals surface area contributed by atoms with Crippen molar-refractivity contribution in [1.82, 2.24) is 10.3 Å². The predicted molar refractivity (Wildman–Crippen MR) is 133 cm³/mol. The smallest absolute Gasteiger partial charge is 0.195 e. The lowest BCUT2D eigenvalue weighted by Crippen LogP contribution is -2.30. The number of hydrogen-bond donors (Lipinski definition) is 2. The van der Waals surface area contributed by atoms with Crippen LogP contribution in [-0.2, 0) is 6.42 Å². The van der Waals surface area contributed by atoms with Gasteiger partial charge in [-0.05, 0) is 37.6 Å². The number of para-hydroxylation sites is 1. The lowest BCUT2D eigenvalue weighted by molar-refractivity contribution is 0.355. The molecular formula is C21H27IN4O2S. The summed E-state index contributed by atoms with van der Waals surface area (Å²) < 4.78 is 11.9. The minimum atomic E-state index is 0. The third-order valence-electron chi connectivity index (χ3n) is 4.15. The molecule has 0 saturated carbocycles. The van der Waals surface area contributed by atoms with Gasteiger partial charge in [0.1, 0.15) is 0 Å². The van der Waals surface area contributed by atoms with Crippen molar-refractivity contribution in [2.24, 2.45) is 4.99 Å². The molecule has 2 aromatic carbocycles. The summed E-state index contributed by atoms with van der Waals surface area (Å²) >= 11 is 1.76. The second-order valence-electron chi connectivity index (χ2n) is 6.13. The van der Waals surface area contributed by atoms with E-state index in [0.717, 1.165) is 48.1 Å². The lowest BCUT2D eigenvalue weighted by Gasteiger charge is -2.13. The Morgan fingerprint density at radius 2 is 1.90 bits per heavy atom. The van der Waals surface area contributed by atoms with E-state index in [4.69, 9.17) is 9.47 Å². The van der Waals surface area contributed by atoms with Gasteiger partial charge in [-0.3, -0.25) is 4.99 Å². The predicted octanol–water partition coefficient (Wildman–Crippen LogP) is 4.94. The van der Waals surface area contributed by atoms with Gasteiger partial charge < -0.3 is 20.1 Å². The van der Waals surface area contributed by atoms with Crippen LogP contribution in [0.15, 0.2) is 47.5 Å². The molecule has 0 amide bonds. The first-order chi connectivity index (χ1) is 13.7. The summed E-state index contributed by atoms with van der Waals surface area (Å²) in [5.74, 6) is 2.13. The third kappa shape index (κ3) is 6.46. The van der Waals surface area contributed by atoms with Crippen LogP contribution in [0.4, 0.5) is 5.69 Å². The molecule has 29 heavy (non-hydrogen) atoms. The average molecular weight is 526 g/mol. The second kappa shape index (κ2) is 11.8. The zero-order chi connectivity index (χ0) is 19.8. The number of thiazole rings is 1. The van der Waals surface area contributed by atoms with E-state index in [1.54, 1.807) is 25.6 Å². The number of halogens is 1. The van der Waals surface area contributed by atoms with Crippen molar-refractivity contribution in [2.45, 2.75) is 19.8 Å². The summed E-state index contributed by atoms with van der Waals surface area (Å²) in [7, 11) is 3.25. The fourth-order valence-electron chi connectivity index (χ4n) is 2.81. The molecule has 8 heteroatoms. The number of rotatable bonds is 8. The van der Waals surface area contributed by atoms with Crippen molar-refractivity contribution in [2.75, 3.05) is 32.6 Å². The van der Waals surface area contributed by atoms with Gasteiger partial charge in [-0.15, -0.1) is 35.3 Å². The molecule has 0 radical (unpaired) electrons. The molecule has 0 aliphatic rings. The molecule has 3 rings (SSSR count). The summed E-state index contributed by atoms with van der Waals surface area (Å²) in [6.07, 6.45) is 1.88. The van der Waals surface area contributed by atoms with Gasteiger partial charge in [0.25, 0.3) is 0 Å². The molecule has 0 spiro atoms. The highest BCUT2D eigenvalue weighted by atomic mass is 127. The van der Waals surface area contributed by atoms with Gasteiger partial charge in [0.05, 0.1) is 29.4 Å². The molecule has 2 N–H and O–H groups in total. The van der Waals surface area contributed by atoms with Crippen LogP contribution < -0.4 is 20.1 Å². The number of aryl methyl sites for hydroxylation is 1. The van der Waals surface area contributed by atoms with E-state index in [1.165, 1.54) is 4.70 Å². The number of anilines is 1. The zero-order valence-corrected chi connectivity index (χ0v) is 20.0. The first-order valence-corrected chi connectivity index (χ1v) is 10.2. The molecule has 1 aromatic heterocycles. The SMILES string of the molecule is CCNC(=NCCCc1nc2ccccc2s1)Nc1ccc(OC)c(OC)c1.I. The van der Waals surface area contributed by atoms with E-state index in [0.29, 0.717) is 11.5 Å². The highest BCUT2D eigenvalue weighted by Crippen LogP contribution is 2.29. The normalized spacial score (nSPS) is 11.1. The van der Waals surface area contributed by atoms with E-state index in [9.17, 15) is 0 Å². The monoisotopic (exact) mass is 526 g/mol. The Balaban J connectivity index is 0.00000300. The van der Waals surface area contributed by atoms with Crippen molar-refractivity contribution < 1.29 is 9.47 Å². The van der Waals surface area contributed by atoms with Gasteiger partial charge in [-0.25, -0.2) is 4.98 Å². The number of guanidine groups is 1. The number of benzene rings is 2. The molecule has 0 bridgehead atoms. The molecule has 0 aliphatic heterocycles. The number of aromatic nitrogens is 1. The van der Waals surface area contributed by atoms with E-state index in [1.807, 2.05) is 31.2 Å². The number of ether oxygens (including phenoxy) is 2. The summed E-state index contributed by atoms with van der Waals surface area (Å²) in [5.41, 5.74) is 1.97. The lowest BCUT2D eigenvalue weighted by atomic mass is 10.2. The molecule has 0 fully saturated rings. The Hall–Kier alpha value is -2.07. The molecule has 156 valence electrons. The summed E-state index contributed by atoms with van der Waals surface area (Å²) in [4.78, 5) is 9.36. The summed E-state index contributed by atoms with van der Waals surface area (Å²) in [6, 6.07) is 14.0. The first-order valence-electron chi connectivity index (χ1n) is 9.35. The minimum absolute atomic E-state index is 0. The van der Waals surface area contributed by atoms with Crippen LogP contribution in [0.1, 0.15) is 18.4 Å². The van der Waals surface area contributed by atoms with Gasteiger partial charge in [0, 0.05) is 31.3 Å². The Labute approximate surface area is 192 Å². The maximum absolute atomic E-state index is 5.36. The van der Waals surface area contributed by atoms with E-state index >= 15 is 0 Å². The third-order valence-corrected chi connectivity index (χ3v) is 5.24. The molecule has 0 atom stereocenters. The van der Waals surface area contributed by atoms with Crippen LogP contribution in [0.5, 0.6) is 11.5 Å². The highest BCUT2D eigenvalue weighted by molar-refractivity contribution is 14.0. The van der Waals surface area contributed by atoms with Crippen molar-refractivity contribution >= 4 is 57.2 Å². The van der Waals surface area contributed by atoms with Crippen LogP contribution in [0.3, 0.4) is 0 Å². The Morgan fingerprint density at radius 3 is 2.62 bits per heavy atom. The van der Waals surface area contributed by atoms with Crippen LogP contribution >= 0.6 is 35.3 Å². The number of aliphatic imine (C=N–C) groups is 1. The van der Waals surface area contributed by atoms with Crippen LogP contribution in [0.2, 0.25) is 0 Å². The standard InChI is InChI=1S/C21H26N4O2S.HI/c1-4-22-21(24-15-11-12-17(26-2)18(14-15)27-3)23-13-7-10-20-25-16-8-5-6-9-19(16)28-20;/h5-6,8-9,11-12,14H,4,7,10,13H2,1-3H3,(H2,22,23,24);1H. The molecule has 0 saturated heterocycles. The molecule has 0 aliphatic carbocycles. The molecular weight excluding hydrogens is 499 g/mol. The quantitative estimate of drug-likeness (QED) is 0.188. The largest absolute Gasteiger partial charge is 0.493 e. The van der Waals surface area contributed by atoms with E-state index < -0.39 is 0 Å². The van der Waals surface area contributed by atoms with Crippen LogP contribution in [-0.4, -0.2) is 38.3 Å². The molecule has 3 aromatic rings. The van der Waals surface area contributed by atoms with Crippen molar-refractivity contribution in [3.63, 3.8) is 0 Å². The number of nitrogens with zero attached hydrogens (tertiary/aromatic N) is 2. The van der Waals surface area contributed by atoms with Gasteiger partial charge in [-0.1, -0.05) is 12.1 Å². The number of methoxy groups -OCH3 is 2. The van der Waals surface area contributed by atoms with Crippen LogP contribution in [0, 0.1) is 0 Å². The molecule has 0 unspecified atom stereocenters. The van der Waals surface area contributed by atoms with Crippen molar-refractivity contribution in [1.29, 1.82) is 0 Å². The van der Waals surface area contributed by atoms with Gasteiger partial charge in [0.15, 0.2) is 17.5 Å². The van der Waals surface area contributed by atoms with Gasteiger partial charge in [0.2, 0.25) is 0 Å². The Bertz CT molecular complexity index is 912. The maximum Gasteiger partial charge on any atom is 0.195 e. The molecule has 6 nitrogen and oxygen atoms in total. The number of hydrogen-bond acceptors (Lipinski definition) is 5. The fourth-order valence-corrected chi connectivity index (χ4v) is 3.81. The number of fused-ring (bicyclic) bond motifs is 1. The fraction of sp³-hybridized carbons (Fsp3) is 0.333. The zero-order valence-electron chi connectivity index (χ0n) is 16.9. The highest BCUT2D eigenvalue weighted by Gasteiger charge is 2.07. The van der Waals surface area contributed by atoms with Crippen LogP contribution in [0.25, 0.3) is 10.2 Å². The van der Waals surface area contributed by atoms with E-state index in [2.05, 4.69) is 38.8 Å².